The van der Waals surface area contributed by atoms with Gasteiger partial charge in [-0.3, -0.25) is 4.72 Å². The van der Waals surface area contributed by atoms with Gasteiger partial charge in [0.1, 0.15) is 0 Å². The summed E-state index contributed by atoms with van der Waals surface area (Å²) in [6.07, 6.45) is 4.33. The normalized spacial score (nSPS) is 15.1. The maximum absolute atomic E-state index is 12.5. The Bertz CT molecular complexity index is 875. The summed E-state index contributed by atoms with van der Waals surface area (Å²) in [5.41, 5.74) is 0.993. The molecule has 6 nitrogen and oxygen atoms in total. The van der Waals surface area contributed by atoms with Gasteiger partial charge in [0.2, 0.25) is 0 Å². The average molecular weight is 408 g/mol. The maximum Gasteiger partial charge on any atom is 0.321 e. The molecule has 3 rings (SSSR count). The van der Waals surface area contributed by atoms with Crippen LogP contribution in [0.4, 0.5) is 16.2 Å². The number of amides is 2. The molecule has 0 spiro atoms. The van der Waals surface area contributed by atoms with Crippen molar-refractivity contribution in [2.24, 2.45) is 0 Å². The number of benzene rings is 2. The van der Waals surface area contributed by atoms with E-state index < -0.39 is 10.0 Å². The number of anilines is 2. The van der Waals surface area contributed by atoms with Crippen molar-refractivity contribution < 1.29 is 13.2 Å². The van der Waals surface area contributed by atoms with Gasteiger partial charge in [-0.15, -0.1) is 0 Å². The summed E-state index contributed by atoms with van der Waals surface area (Å²) in [7, 11) is -3.71. The zero-order valence-electron chi connectivity index (χ0n) is 14.8. The molecule has 27 heavy (non-hydrogen) atoms. The fraction of sp³-hybridized carbons (Fsp3) is 0.316. The van der Waals surface area contributed by atoms with Crippen LogP contribution in [0.25, 0.3) is 0 Å². The van der Waals surface area contributed by atoms with Gasteiger partial charge in [-0.2, -0.15) is 0 Å². The highest BCUT2D eigenvalue weighted by molar-refractivity contribution is 7.92. The van der Waals surface area contributed by atoms with E-state index in [2.05, 4.69) is 10.0 Å². The first-order valence-corrected chi connectivity index (χ1v) is 10.7. The molecule has 1 aliphatic rings. The van der Waals surface area contributed by atoms with Gasteiger partial charge >= 0.3 is 6.03 Å². The molecule has 1 saturated heterocycles. The van der Waals surface area contributed by atoms with E-state index >= 15 is 0 Å². The second kappa shape index (κ2) is 8.63. The van der Waals surface area contributed by atoms with Crippen LogP contribution in [0, 0.1) is 0 Å². The fourth-order valence-electron chi connectivity index (χ4n) is 2.93. The third-order valence-corrected chi connectivity index (χ3v) is 6.05. The minimum Gasteiger partial charge on any atom is -0.325 e. The summed E-state index contributed by atoms with van der Waals surface area (Å²) in [5.74, 6) is 0. The molecular weight excluding hydrogens is 386 g/mol. The average Bonchev–Trinajstić information content (AvgIpc) is 2.93. The molecule has 0 aliphatic carbocycles. The van der Waals surface area contributed by atoms with E-state index in [0.29, 0.717) is 16.4 Å². The van der Waals surface area contributed by atoms with Crippen molar-refractivity contribution in [1.82, 2.24) is 4.90 Å². The topological polar surface area (TPSA) is 78.5 Å². The van der Waals surface area contributed by atoms with Crippen molar-refractivity contribution in [3.63, 3.8) is 0 Å². The fourth-order valence-corrected chi connectivity index (χ4v) is 4.11. The van der Waals surface area contributed by atoms with Crippen LogP contribution in [0.15, 0.2) is 53.4 Å². The Morgan fingerprint density at radius 1 is 0.852 bits per heavy atom. The summed E-state index contributed by atoms with van der Waals surface area (Å²) in [6.45, 7) is 1.51. The van der Waals surface area contributed by atoms with Crippen LogP contribution in [0.5, 0.6) is 0 Å². The smallest absolute Gasteiger partial charge is 0.321 e. The number of carbonyl (C=O) groups excluding carboxylic acids is 1. The first-order chi connectivity index (χ1) is 12.9. The lowest BCUT2D eigenvalue weighted by Gasteiger charge is -2.20. The number of sulfonamides is 1. The van der Waals surface area contributed by atoms with Gasteiger partial charge in [-0.05, 0) is 61.4 Å². The number of hydrogen-bond donors (Lipinski definition) is 2. The molecule has 0 bridgehead atoms. The van der Waals surface area contributed by atoms with Gasteiger partial charge in [-0.1, -0.05) is 24.4 Å². The van der Waals surface area contributed by atoms with Gasteiger partial charge in [-0.25, -0.2) is 13.2 Å². The highest BCUT2D eigenvalue weighted by Crippen LogP contribution is 2.20. The zero-order valence-corrected chi connectivity index (χ0v) is 16.4. The molecule has 1 aliphatic heterocycles. The van der Waals surface area contributed by atoms with Gasteiger partial charge in [0.05, 0.1) is 4.90 Å². The van der Waals surface area contributed by atoms with Crippen molar-refractivity contribution in [2.75, 3.05) is 23.1 Å². The Morgan fingerprint density at radius 3 is 2.00 bits per heavy atom. The minimum atomic E-state index is -3.71. The number of carbonyl (C=O) groups is 1. The molecule has 1 heterocycles. The molecule has 8 heteroatoms. The van der Waals surface area contributed by atoms with Gasteiger partial charge in [0.15, 0.2) is 0 Å². The number of urea groups is 1. The van der Waals surface area contributed by atoms with E-state index in [9.17, 15) is 13.2 Å². The van der Waals surface area contributed by atoms with Crippen molar-refractivity contribution >= 4 is 39.0 Å². The van der Waals surface area contributed by atoms with Crippen molar-refractivity contribution in [3.8, 4) is 0 Å². The molecule has 0 aromatic heterocycles. The van der Waals surface area contributed by atoms with Crippen LogP contribution < -0.4 is 10.0 Å². The monoisotopic (exact) mass is 407 g/mol. The lowest BCUT2D eigenvalue weighted by atomic mass is 10.2. The Kier molecular flexibility index (Phi) is 6.23. The Balaban J connectivity index is 1.65. The Morgan fingerprint density at radius 2 is 1.41 bits per heavy atom. The summed E-state index contributed by atoms with van der Waals surface area (Å²) < 4.78 is 27.4. The first-order valence-electron chi connectivity index (χ1n) is 8.88. The third-order valence-electron chi connectivity index (χ3n) is 4.41. The highest BCUT2D eigenvalue weighted by Gasteiger charge is 2.17. The lowest BCUT2D eigenvalue weighted by molar-refractivity contribution is 0.214. The molecule has 0 unspecified atom stereocenters. The second-order valence-corrected chi connectivity index (χ2v) is 8.59. The number of halogens is 1. The summed E-state index contributed by atoms with van der Waals surface area (Å²) >= 11 is 5.81. The van der Waals surface area contributed by atoms with Gasteiger partial charge < -0.3 is 10.2 Å². The molecule has 2 N–H and O–H groups in total. The predicted octanol–water partition coefficient (Wildman–Crippen LogP) is 4.55. The maximum atomic E-state index is 12.5. The van der Waals surface area contributed by atoms with E-state index in [0.717, 1.165) is 38.8 Å². The van der Waals surface area contributed by atoms with E-state index in [4.69, 9.17) is 11.6 Å². The molecular formula is C19H22ClN3O3S. The van der Waals surface area contributed by atoms with Crippen LogP contribution in [0.2, 0.25) is 5.02 Å². The van der Waals surface area contributed by atoms with E-state index in [1.165, 1.54) is 12.1 Å². The van der Waals surface area contributed by atoms with E-state index in [1.54, 1.807) is 41.3 Å². The molecule has 0 atom stereocenters. The van der Waals surface area contributed by atoms with Gasteiger partial charge in [0, 0.05) is 29.5 Å². The first kappa shape index (κ1) is 19.5. The molecule has 2 aromatic rings. The highest BCUT2D eigenvalue weighted by atomic mass is 35.5. The second-order valence-electron chi connectivity index (χ2n) is 6.47. The van der Waals surface area contributed by atoms with E-state index in [-0.39, 0.29) is 10.9 Å². The van der Waals surface area contributed by atoms with E-state index in [1.807, 2.05) is 0 Å². The SMILES string of the molecule is O=C(Nc1ccc(S(=O)(=O)Nc2ccc(Cl)cc2)cc1)N1CCCCCC1. The summed E-state index contributed by atoms with van der Waals surface area (Å²) in [4.78, 5) is 14.3. The molecule has 0 saturated carbocycles. The molecule has 2 amide bonds. The molecule has 1 fully saturated rings. The van der Waals surface area contributed by atoms with Crippen LogP contribution in [0.3, 0.4) is 0 Å². The zero-order chi connectivity index (χ0) is 19.3. The largest absolute Gasteiger partial charge is 0.325 e. The van der Waals surface area contributed by atoms with Crippen molar-refractivity contribution in [3.05, 3.63) is 53.6 Å². The Labute approximate surface area is 164 Å². The lowest BCUT2D eigenvalue weighted by Crippen LogP contribution is -2.35. The molecule has 144 valence electrons. The van der Waals surface area contributed by atoms with Crippen LogP contribution in [0.1, 0.15) is 25.7 Å². The standard InChI is InChI=1S/C19H22ClN3O3S/c20-15-5-7-17(8-6-15)22-27(25,26)18-11-9-16(10-12-18)21-19(24)23-13-3-1-2-4-14-23/h5-12,22H,1-4,13-14H2,(H,21,24). The number of nitrogens with zero attached hydrogens (tertiary/aromatic N) is 1. The van der Waals surface area contributed by atoms with Crippen LogP contribution in [-0.2, 0) is 10.0 Å². The molecule has 2 aromatic carbocycles. The van der Waals surface area contributed by atoms with Crippen LogP contribution >= 0.6 is 11.6 Å². The van der Waals surface area contributed by atoms with Crippen molar-refractivity contribution in [2.45, 2.75) is 30.6 Å². The number of likely N-dealkylation sites (tertiary alicyclic amines) is 1. The summed E-state index contributed by atoms with van der Waals surface area (Å²) in [5, 5.41) is 3.36. The number of rotatable bonds is 4. The number of nitrogens with one attached hydrogen (secondary N) is 2. The van der Waals surface area contributed by atoms with Crippen molar-refractivity contribution in [1.29, 1.82) is 0 Å². The van der Waals surface area contributed by atoms with Crippen LogP contribution in [-0.4, -0.2) is 32.4 Å². The van der Waals surface area contributed by atoms with Gasteiger partial charge in [0.25, 0.3) is 10.0 Å². The quantitative estimate of drug-likeness (QED) is 0.780. The number of hydrogen-bond acceptors (Lipinski definition) is 3. The molecule has 0 radical (unpaired) electrons. The Hall–Kier alpha value is -2.25. The summed E-state index contributed by atoms with van der Waals surface area (Å²) in [6, 6.07) is 12.4. The minimum absolute atomic E-state index is 0.116. The predicted molar refractivity (Wildman–Crippen MR) is 108 cm³/mol. The third kappa shape index (κ3) is 5.37.